The summed E-state index contributed by atoms with van der Waals surface area (Å²) >= 11 is 0. The van der Waals surface area contributed by atoms with Crippen LogP contribution in [-0.4, -0.2) is 50.3 Å². The number of hydrogen-bond acceptors (Lipinski definition) is 7. The average molecular weight is 447 g/mol. The van der Waals surface area contributed by atoms with Gasteiger partial charge in [0.1, 0.15) is 6.61 Å². The Labute approximate surface area is 194 Å². The highest BCUT2D eigenvalue weighted by atomic mass is 16.5. The second kappa shape index (κ2) is 9.79. The van der Waals surface area contributed by atoms with Gasteiger partial charge in [-0.15, -0.1) is 0 Å². The monoisotopic (exact) mass is 446 g/mol. The molecule has 3 aromatic rings. The molecule has 3 heterocycles. The van der Waals surface area contributed by atoms with E-state index in [0.717, 1.165) is 54.5 Å². The number of nitrogens with zero attached hydrogens (tertiary/aromatic N) is 2. The Balaban J connectivity index is 1.40. The van der Waals surface area contributed by atoms with Gasteiger partial charge in [-0.05, 0) is 23.8 Å². The molecule has 0 aliphatic carbocycles. The quantitative estimate of drug-likeness (QED) is 0.601. The molecule has 2 unspecified atom stereocenters. The van der Waals surface area contributed by atoms with E-state index in [1.54, 1.807) is 14.2 Å². The predicted octanol–water partition coefficient (Wildman–Crippen LogP) is 3.43. The molecule has 172 valence electrons. The number of benzene rings is 2. The summed E-state index contributed by atoms with van der Waals surface area (Å²) in [5, 5.41) is 0. The molecule has 2 aromatic carbocycles. The molecule has 0 radical (unpaired) electrons. The summed E-state index contributed by atoms with van der Waals surface area (Å²) in [6.07, 6.45) is 0. The van der Waals surface area contributed by atoms with Crippen molar-refractivity contribution in [1.82, 2.24) is 20.7 Å². The van der Waals surface area contributed by atoms with Crippen LogP contribution in [0, 0.1) is 5.92 Å². The normalized spacial score (nSPS) is 20.5. The van der Waals surface area contributed by atoms with E-state index < -0.39 is 0 Å². The highest BCUT2D eigenvalue weighted by Crippen LogP contribution is 2.38. The first kappa shape index (κ1) is 21.7. The number of hydrazine groups is 1. The highest BCUT2D eigenvalue weighted by molar-refractivity contribution is 5.67. The van der Waals surface area contributed by atoms with Crippen molar-refractivity contribution < 1.29 is 14.2 Å². The van der Waals surface area contributed by atoms with Crippen LogP contribution in [0.15, 0.2) is 60.7 Å². The Bertz CT molecular complexity index is 1090. The summed E-state index contributed by atoms with van der Waals surface area (Å²) in [6, 6.07) is 20.9. The van der Waals surface area contributed by atoms with Gasteiger partial charge in [0.25, 0.3) is 0 Å². The zero-order chi connectivity index (χ0) is 22.6. The summed E-state index contributed by atoms with van der Waals surface area (Å²) in [4.78, 5) is 7.08. The van der Waals surface area contributed by atoms with Crippen molar-refractivity contribution in [3.63, 3.8) is 0 Å². The lowest BCUT2D eigenvalue weighted by molar-refractivity contribution is 0.193. The summed E-state index contributed by atoms with van der Waals surface area (Å²) in [7, 11) is 3.32. The molecule has 0 bridgehead atoms. The van der Waals surface area contributed by atoms with Gasteiger partial charge in [0, 0.05) is 49.3 Å². The molecule has 7 heteroatoms. The minimum absolute atomic E-state index is 0.289. The van der Waals surface area contributed by atoms with Crippen LogP contribution in [0.2, 0.25) is 0 Å². The van der Waals surface area contributed by atoms with Crippen molar-refractivity contribution in [2.45, 2.75) is 12.6 Å². The van der Waals surface area contributed by atoms with Crippen molar-refractivity contribution in [3.05, 3.63) is 71.8 Å². The Morgan fingerprint density at radius 1 is 1.06 bits per heavy atom. The van der Waals surface area contributed by atoms with Crippen LogP contribution in [0.5, 0.6) is 17.4 Å². The van der Waals surface area contributed by atoms with E-state index in [9.17, 15) is 0 Å². The fraction of sp³-hybridized carbons (Fsp3) is 0.346. The van der Waals surface area contributed by atoms with Gasteiger partial charge in [0.15, 0.2) is 11.5 Å². The van der Waals surface area contributed by atoms with Crippen molar-refractivity contribution >= 4 is 0 Å². The zero-order valence-electron chi connectivity index (χ0n) is 19.1. The molecule has 0 saturated carbocycles. The first-order chi connectivity index (χ1) is 16.2. The number of hydrogen-bond donors (Lipinski definition) is 2. The Hall–Kier alpha value is -3.13. The van der Waals surface area contributed by atoms with Crippen molar-refractivity contribution in [2.75, 3.05) is 40.5 Å². The minimum atomic E-state index is 0.289. The molecule has 0 amide bonds. The first-order valence-corrected chi connectivity index (χ1v) is 11.4. The number of fused-ring (bicyclic) bond motifs is 1. The Morgan fingerprint density at radius 3 is 2.76 bits per heavy atom. The van der Waals surface area contributed by atoms with Crippen LogP contribution in [-0.2, 0) is 6.54 Å². The molecule has 7 nitrogen and oxygen atoms in total. The largest absolute Gasteiger partial charge is 0.493 e. The van der Waals surface area contributed by atoms with Gasteiger partial charge < -0.3 is 14.2 Å². The van der Waals surface area contributed by atoms with Crippen LogP contribution >= 0.6 is 0 Å². The molecule has 1 saturated heterocycles. The third kappa shape index (κ3) is 4.66. The predicted molar refractivity (Wildman–Crippen MR) is 127 cm³/mol. The number of ether oxygens (including phenoxy) is 3. The molecule has 1 aromatic heterocycles. The van der Waals surface area contributed by atoms with E-state index >= 15 is 0 Å². The SMILES string of the molecule is COc1cccc(-c2cc3c(c(OC)c2)OCCN(CC2CNNC2c2ccccc2)C3)n1. The molecule has 33 heavy (non-hydrogen) atoms. The van der Waals surface area contributed by atoms with E-state index in [-0.39, 0.29) is 6.04 Å². The summed E-state index contributed by atoms with van der Waals surface area (Å²) in [6.45, 7) is 4.18. The highest BCUT2D eigenvalue weighted by Gasteiger charge is 2.31. The van der Waals surface area contributed by atoms with Crippen LogP contribution in [0.4, 0.5) is 0 Å². The maximum atomic E-state index is 6.17. The summed E-state index contributed by atoms with van der Waals surface area (Å²) in [5.74, 6) is 2.61. The smallest absolute Gasteiger partial charge is 0.213 e. The molecule has 2 aliphatic heterocycles. The lowest BCUT2D eigenvalue weighted by Gasteiger charge is -2.26. The maximum Gasteiger partial charge on any atom is 0.213 e. The fourth-order valence-electron chi connectivity index (χ4n) is 4.74. The Morgan fingerprint density at radius 2 is 1.94 bits per heavy atom. The molecular formula is C26H30N4O3. The van der Waals surface area contributed by atoms with E-state index in [0.29, 0.717) is 18.4 Å². The van der Waals surface area contributed by atoms with E-state index in [4.69, 9.17) is 14.2 Å². The summed E-state index contributed by atoms with van der Waals surface area (Å²) in [5.41, 5.74) is 11.1. The maximum absolute atomic E-state index is 6.17. The number of methoxy groups -OCH3 is 2. The lowest BCUT2D eigenvalue weighted by Crippen LogP contribution is -2.34. The second-order valence-corrected chi connectivity index (χ2v) is 8.49. The number of pyridine rings is 1. The van der Waals surface area contributed by atoms with Crippen LogP contribution in [0.25, 0.3) is 11.3 Å². The van der Waals surface area contributed by atoms with Gasteiger partial charge >= 0.3 is 0 Å². The van der Waals surface area contributed by atoms with Crippen LogP contribution < -0.4 is 25.1 Å². The molecule has 0 spiro atoms. The molecule has 5 rings (SSSR count). The number of nitrogens with one attached hydrogen (secondary N) is 2. The first-order valence-electron chi connectivity index (χ1n) is 11.4. The van der Waals surface area contributed by atoms with Crippen molar-refractivity contribution in [2.24, 2.45) is 5.92 Å². The minimum Gasteiger partial charge on any atom is -0.493 e. The molecule has 1 fully saturated rings. The van der Waals surface area contributed by atoms with E-state index in [2.05, 4.69) is 57.1 Å². The van der Waals surface area contributed by atoms with Crippen molar-refractivity contribution in [3.8, 4) is 28.6 Å². The van der Waals surface area contributed by atoms with E-state index in [1.807, 2.05) is 24.3 Å². The van der Waals surface area contributed by atoms with Gasteiger partial charge in [-0.3, -0.25) is 10.3 Å². The number of rotatable bonds is 6. The second-order valence-electron chi connectivity index (χ2n) is 8.49. The fourth-order valence-corrected chi connectivity index (χ4v) is 4.74. The number of aromatic nitrogens is 1. The van der Waals surface area contributed by atoms with Gasteiger partial charge in [-0.1, -0.05) is 36.4 Å². The third-order valence-electron chi connectivity index (χ3n) is 6.37. The lowest BCUT2D eigenvalue weighted by atomic mass is 9.94. The molecule has 2 aliphatic rings. The van der Waals surface area contributed by atoms with Gasteiger partial charge in [-0.25, -0.2) is 10.4 Å². The molecular weight excluding hydrogens is 416 g/mol. The molecule has 2 N–H and O–H groups in total. The van der Waals surface area contributed by atoms with Gasteiger partial charge in [0.05, 0.1) is 26.0 Å². The topological polar surface area (TPSA) is 67.9 Å². The van der Waals surface area contributed by atoms with Crippen LogP contribution in [0.3, 0.4) is 0 Å². The Kier molecular flexibility index (Phi) is 6.44. The van der Waals surface area contributed by atoms with E-state index in [1.165, 1.54) is 5.56 Å². The van der Waals surface area contributed by atoms with Gasteiger partial charge in [0.2, 0.25) is 5.88 Å². The van der Waals surface area contributed by atoms with Crippen molar-refractivity contribution in [1.29, 1.82) is 0 Å². The third-order valence-corrected chi connectivity index (χ3v) is 6.37. The average Bonchev–Trinajstić information content (AvgIpc) is 3.23. The summed E-state index contributed by atoms with van der Waals surface area (Å²) < 4.78 is 17.2. The van der Waals surface area contributed by atoms with Gasteiger partial charge in [-0.2, -0.15) is 0 Å². The molecule has 2 atom stereocenters. The zero-order valence-corrected chi connectivity index (χ0v) is 19.1. The standard InChI is InChI=1S/C26H30N4O3/c1-31-23-14-19(22-9-6-10-24(28-22)32-2)13-20-16-30(11-12-33-26(20)23)17-21-15-27-29-25(21)18-7-4-3-5-8-18/h3-10,13-14,21,25,27,29H,11-12,15-17H2,1-2H3. The van der Waals surface area contributed by atoms with Crippen LogP contribution in [0.1, 0.15) is 17.2 Å².